The van der Waals surface area contributed by atoms with Gasteiger partial charge in [0, 0.05) is 25.7 Å². The first-order valence-electron chi connectivity index (χ1n) is 6.39. The molecule has 2 rings (SSSR count). The molecule has 1 saturated carbocycles. The van der Waals surface area contributed by atoms with Crippen LogP contribution in [-0.2, 0) is 0 Å². The molecule has 0 radical (unpaired) electrons. The molecule has 20 heavy (non-hydrogen) atoms. The predicted molar refractivity (Wildman–Crippen MR) is 79.8 cm³/mol. The Morgan fingerprint density at radius 3 is 2.30 bits per heavy atom. The minimum absolute atomic E-state index is 0.142. The van der Waals surface area contributed by atoms with E-state index >= 15 is 0 Å². The molecule has 1 N–H and O–H groups in total. The molecule has 1 aliphatic rings. The van der Waals surface area contributed by atoms with Crippen LogP contribution in [0.25, 0.3) is 0 Å². The molecule has 1 fully saturated rings. The second kappa shape index (κ2) is 5.76. The molecule has 0 unspecified atom stereocenters. The SMILES string of the molecule is CN(CC1(O)CCCC1)c1c(Cl)cc([N+](=O)[O-])cc1Cl. The van der Waals surface area contributed by atoms with Crippen LogP contribution in [0.1, 0.15) is 25.7 Å². The number of rotatable bonds is 4. The van der Waals surface area contributed by atoms with Gasteiger partial charge >= 0.3 is 0 Å². The Kier molecular flexibility index (Phi) is 4.42. The topological polar surface area (TPSA) is 66.6 Å². The summed E-state index contributed by atoms with van der Waals surface area (Å²) in [6, 6.07) is 2.55. The van der Waals surface area contributed by atoms with E-state index in [1.807, 2.05) is 0 Å². The van der Waals surface area contributed by atoms with Crippen molar-refractivity contribution >= 4 is 34.6 Å². The maximum Gasteiger partial charge on any atom is 0.272 e. The molecule has 7 heteroatoms. The van der Waals surface area contributed by atoms with E-state index in [9.17, 15) is 15.2 Å². The van der Waals surface area contributed by atoms with Crippen LogP contribution in [-0.4, -0.2) is 29.2 Å². The number of nitrogens with zero attached hydrogens (tertiary/aromatic N) is 2. The third-order valence-corrected chi connectivity index (χ3v) is 4.24. The highest BCUT2D eigenvalue weighted by atomic mass is 35.5. The van der Waals surface area contributed by atoms with Gasteiger partial charge in [-0.3, -0.25) is 10.1 Å². The largest absolute Gasteiger partial charge is 0.388 e. The highest BCUT2D eigenvalue weighted by Gasteiger charge is 2.33. The lowest BCUT2D eigenvalue weighted by molar-refractivity contribution is -0.384. The number of nitro benzene ring substituents is 1. The number of likely N-dealkylation sites (N-methyl/N-ethyl adjacent to an activating group) is 1. The fourth-order valence-electron chi connectivity index (χ4n) is 2.73. The van der Waals surface area contributed by atoms with Crippen LogP contribution in [0.5, 0.6) is 0 Å². The molecule has 0 atom stereocenters. The lowest BCUT2D eigenvalue weighted by Gasteiger charge is -2.31. The van der Waals surface area contributed by atoms with E-state index < -0.39 is 10.5 Å². The van der Waals surface area contributed by atoms with Crippen LogP contribution >= 0.6 is 23.2 Å². The molecule has 1 aromatic carbocycles. The van der Waals surface area contributed by atoms with E-state index in [1.54, 1.807) is 11.9 Å². The van der Waals surface area contributed by atoms with Gasteiger partial charge in [-0.15, -0.1) is 0 Å². The quantitative estimate of drug-likeness (QED) is 0.679. The van der Waals surface area contributed by atoms with E-state index in [0.717, 1.165) is 25.7 Å². The zero-order chi connectivity index (χ0) is 14.9. The Labute approximate surface area is 127 Å². The number of hydrogen-bond acceptors (Lipinski definition) is 4. The van der Waals surface area contributed by atoms with Crippen LogP contribution in [0.2, 0.25) is 10.0 Å². The summed E-state index contributed by atoms with van der Waals surface area (Å²) >= 11 is 12.2. The van der Waals surface area contributed by atoms with Crippen molar-refractivity contribution in [3.63, 3.8) is 0 Å². The summed E-state index contributed by atoms with van der Waals surface area (Å²) in [5.41, 5.74) is -0.362. The average molecular weight is 319 g/mol. The van der Waals surface area contributed by atoms with Crippen molar-refractivity contribution in [2.45, 2.75) is 31.3 Å². The van der Waals surface area contributed by atoms with Gasteiger partial charge in [0.05, 0.1) is 26.3 Å². The van der Waals surface area contributed by atoms with Gasteiger partial charge in [0.2, 0.25) is 0 Å². The van der Waals surface area contributed by atoms with Crippen molar-refractivity contribution in [3.05, 3.63) is 32.3 Å². The number of benzene rings is 1. The molecule has 0 spiro atoms. The lowest BCUT2D eigenvalue weighted by Crippen LogP contribution is -2.39. The van der Waals surface area contributed by atoms with Gasteiger partial charge in [0.25, 0.3) is 5.69 Å². The number of anilines is 1. The summed E-state index contributed by atoms with van der Waals surface area (Å²) in [5, 5.41) is 21.6. The molecule has 0 aromatic heterocycles. The molecule has 5 nitrogen and oxygen atoms in total. The number of non-ortho nitro benzene ring substituents is 1. The molecule has 0 aliphatic heterocycles. The minimum Gasteiger partial charge on any atom is -0.388 e. The van der Waals surface area contributed by atoms with Gasteiger partial charge in [0.15, 0.2) is 0 Å². The van der Waals surface area contributed by atoms with Crippen molar-refractivity contribution in [2.24, 2.45) is 0 Å². The second-order valence-electron chi connectivity index (χ2n) is 5.30. The van der Waals surface area contributed by atoms with Crippen LogP contribution in [0.4, 0.5) is 11.4 Å². The molecular weight excluding hydrogens is 303 g/mol. The Balaban J connectivity index is 2.25. The Bertz CT molecular complexity index is 507. The summed E-state index contributed by atoms with van der Waals surface area (Å²) in [4.78, 5) is 12.0. The van der Waals surface area contributed by atoms with Crippen LogP contribution < -0.4 is 4.90 Å². The van der Waals surface area contributed by atoms with Crippen molar-refractivity contribution in [2.75, 3.05) is 18.5 Å². The molecular formula is C13H16Cl2N2O3. The predicted octanol–water partition coefficient (Wildman–Crippen LogP) is 3.64. The fraction of sp³-hybridized carbons (Fsp3) is 0.538. The first-order valence-corrected chi connectivity index (χ1v) is 7.15. The monoisotopic (exact) mass is 318 g/mol. The van der Waals surface area contributed by atoms with Crippen molar-refractivity contribution < 1.29 is 10.0 Å². The normalized spacial score (nSPS) is 17.2. The zero-order valence-electron chi connectivity index (χ0n) is 11.1. The third kappa shape index (κ3) is 3.16. The smallest absolute Gasteiger partial charge is 0.272 e. The van der Waals surface area contributed by atoms with Crippen molar-refractivity contribution in [1.82, 2.24) is 0 Å². The van der Waals surface area contributed by atoms with E-state index in [-0.39, 0.29) is 15.7 Å². The maximum atomic E-state index is 10.8. The number of halogens is 2. The molecule has 0 bridgehead atoms. The summed E-state index contributed by atoms with van der Waals surface area (Å²) in [5.74, 6) is 0. The number of hydrogen-bond donors (Lipinski definition) is 1. The molecule has 0 saturated heterocycles. The van der Waals surface area contributed by atoms with Crippen molar-refractivity contribution in [3.8, 4) is 0 Å². The summed E-state index contributed by atoms with van der Waals surface area (Å²) in [6.45, 7) is 0.407. The second-order valence-corrected chi connectivity index (χ2v) is 6.12. The zero-order valence-corrected chi connectivity index (χ0v) is 12.6. The molecule has 110 valence electrons. The Hall–Kier alpha value is -1.04. The third-order valence-electron chi connectivity index (χ3n) is 3.66. The first-order chi connectivity index (χ1) is 9.32. The Morgan fingerprint density at radius 1 is 1.35 bits per heavy atom. The maximum absolute atomic E-state index is 10.8. The Morgan fingerprint density at radius 2 is 1.85 bits per heavy atom. The molecule has 0 amide bonds. The molecule has 1 aliphatic carbocycles. The lowest BCUT2D eigenvalue weighted by atomic mass is 10.0. The summed E-state index contributed by atoms with van der Waals surface area (Å²) in [6.07, 6.45) is 3.51. The highest BCUT2D eigenvalue weighted by molar-refractivity contribution is 6.39. The van der Waals surface area contributed by atoms with Crippen LogP contribution in [0.15, 0.2) is 12.1 Å². The van der Waals surface area contributed by atoms with Crippen LogP contribution in [0, 0.1) is 10.1 Å². The molecule has 1 aromatic rings. The van der Waals surface area contributed by atoms with Gasteiger partial charge in [-0.1, -0.05) is 36.0 Å². The van der Waals surface area contributed by atoms with E-state index in [2.05, 4.69) is 0 Å². The van der Waals surface area contributed by atoms with Gasteiger partial charge in [-0.2, -0.15) is 0 Å². The first kappa shape index (κ1) is 15.4. The number of aliphatic hydroxyl groups is 1. The van der Waals surface area contributed by atoms with Gasteiger partial charge in [0.1, 0.15) is 0 Å². The van der Waals surface area contributed by atoms with Crippen molar-refractivity contribution in [1.29, 1.82) is 0 Å². The minimum atomic E-state index is -0.733. The summed E-state index contributed by atoms with van der Waals surface area (Å²) < 4.78 is 0. The van der Waals surface area contributed by atoms with Crippen LogP contribution in [0.3, 0.4) is 0 Å². The van der Waals surface area contributed by atoms with E-state index in [4.69, 9.17) is 23.2 Å². The fourth-order valence-corrected chi connectivity index (χ4v) is 3.50. The number of nitro groups is 1. The summed E-state index contributed by atoms with van der Waals surface area (Å²) in [7, 11) is 1.77. The standard InChI is InChI=1S/C13H16Cl2N2O3/c1-16(8-13(18)4-2-3-5-13)12-10(14)6-9(17(19)20)7-11(12)15/h6-7,18H,2-5,8H2,1H3. The van der Waals surface area contributed by atoms with E-state index in [1.165, 1.54) is 12.1 Å². The average Bonchev–Trinajstić information content (AvgIpc) is 2.74. The van der Waals surface area contributed by atoms with E-state index in [0.29, 0.717) is 12.2 Å². The van der Waals surface area contributed by atoms with Gasteiger partial charge < -0.3 is 10.0 Å². The molecule has 0 heterocycles. The van der Waals surface area contributed by atoms with Gasteiger partial charge in [-0.25, -0.2) is 0 Å². The van der Waals surface area contributed by atoms with Gasteiger partial charge in [-0.05, 0) is 12.8 Å². The highest BCUT2D eigenvalue weighted by Crippen LogP contribution is 2.39.